The molecule has 0 spiro atoms. The quantitative estimate of drug-likeness (QED) is 0.941. The SMILES string of the molecule is Cc1nc2scc(C)n2c1CNCC(=O)N1CCCCC1. The minimum Gasteiger partial charge on any atom is -0.342 e. The third-order valence-corrected chi connectivity index (χ3v) is 5.05. The number of fused-ring (bicyclic) bond motifs is 1. The molecule has 0 aromatic carbocycles. The molecule has 0 bridgehead atoms. The van der Waals surface area contributed by atoms with Gasteiger partial charge in [0.25, 0.3) is 0 Å². The van der Waals surface area contributed by atoms with Crippen LogP contribution in [0.4, 0.5) is 0 Å². The Hall–Kier alpha value is -1.40. The Morgan fingerprint density at radius 1 is 1.33 bits per heavy atom. The average Bonchev–Trinajstić information content (AvgIpc) is 3.00. The van der Waals surface area contributed by atoms with Crippen molar-refractivity contribution in [2.45, 2.75) is 39.7 Å². The van der Waals surface area contributed by atoms with Gasteiger partial charge in [0, 0.05) is 30.7 Å². The van der Waals surface area contributed by atoms with Crippen molar-refractivity contribution in [3.05, 3.63) is 22.5 Å². The van der Waals surface area contributed by atoms with E-state index in [4.69, 9.17) is 0 Å². The molecule has 21 heavy (non-hydrogen) atoms. The summed E-state index contributed by atoms with van der Waals surface area (Å²) in [6, 6.07) is 0. The van der Waals surface area contributed by atoms with Gasteiger partial charge in [-0.05, 0) is 33.1 Å². The number of aryl methyl sites for hydroxylation is 2. The second-order valence-electron chi connectivity index (χ2n) is 5.68. The maximum atomic E-state index is 12.1. The Morgan fingerprint density at radius 3 is 2.86 bits per heavy atom. The van der Waals surface area contributed by atoms with Crippen LogP contribution in [-0.2, 0) is 11.3 Å². The van der Waals surface area contributed by atoms with Gasteiger partial charge in [-0.25, -0.2) is 4.98 Å². The van der Waals surface area contributed by atoms with Gasteiger partial charge in [0.2, 0.25) is 5.91 Å². The second kappa shape index (κ2) is 6.15. The topological polar surface area (TPSA) is 49.6 Å². The van der Waals surface area contributed by atoms with Crippen molar-refractivity contribution in [3.63, 3.8) is 0 Å². The molecule has 0 unspecified atom stereocenters. The predicted octanol–water partition coefficient (Wildman–Crippen LogP) is 2.11. The molecule has 5 nitrogen and oxygen atoms in total. The number of nitrogens with one attached hydrogen (secondary N) is 1. The summed E-state index contributed by atoms with van der Waals surface area (Å²) in [4.78, 5) is 19.7. The summed E-state index contributed by atoms with van der Waals surface area (Å²) in [5, 5.41) is 5.40. The highest BCUT2D eigenvalue weighted by Crippen LogP contribution is 2.20. The number of aromatic nitrogens is 2. The molecule has 1 fully saturated rings. The van der Waals surface area contributed by atoms with Crippen molar-refractivity contribution in [1.29, 1.82) is 0 Å². The number of nitrogens with zero attached hydrogens (tertiary/aromatic N) is 3. The van der Waals surface area contributed by atoms with Crippen LogP contribution in [0.15, 0.2) is 5.38 Å². The molecule has 3 heterocycles. The maximum Gasteiger partial charge on any atom is 0.236 e. The van der Waals surface area contributed by atoms with E-state index >= 15 is 0 Å². The highest BCUT2D eigenvalue weighted by atomic mass is 32.1. The molecule has 1 amide bonds. The molecule has 1 aliphatic rings. The van der Waals surface area contributed by atoms with Crippen LogP contribution in [0.3, 0.4) is 0 Å². The van der Waals surface area contributed by atoms with Crippen molar-refractivity contribution in [2.24, 2.45) is 0 Å². The average molecular weight is 306 g/mol. The smallest absolute Gasteiger partial charge is 0.236 e. The summed E-state index contributed by atoms with van der Waals surface area (Å²) < 4.78 is 2.18. The fourth-order valence-corrected chi connectivity index (χ4v) is 3.85. The second-order valence-corrected chi connectivity index (χ2v) is 6.52. The van der Waals surface area contributed by atoms with Gasteiger partial charge in [-0.1, -0.05) is 0 Å². The minimum absolute atomic E-state index is 0.218. The first-order valence-electron chi connectivity index (χ1n) is 7.57. The lowest BCUT2D eigenvalue weighted by molar-refractivity contribution is -0.131. The van der Waals surface area contributed by atoms with Crippen LogP contribution in [0.25, 0.3) is 4.96 Å². The van der Waals surface area contributed by atoms with E-state index in [1.807, 2.05) is 11.8 Å². The van der Waals surface area contributed by atoms with Gasteiger partial charge in [-0.3, -0.25) is 9.20 Å². The molecule has 0 aliphatic carbocycles. The highest BCUT2D eigenvalue weighted by Gasteiger charge is 2.17. The lowest BCUT2D eigenvalue weighted by Crippen LogP contribution is -2.41. The van der Waals surface area contributed by atoms with Crippen LogP contribution in [0.1, 0.15) is 36.3 Å². The van der Waals surface area contributed by atoms with Crippen molar-refractivity contribution >= 4 is 22.2 Å². The third kappa shape index (κ3) is 2.96. The predicted molar refractivity (Wildman–Crippen MR) is 84.7 cm³/mol. The van der Waals surface area contributed by atoms with Crippen LogP contribution < -0.4 is 5.32 Å². The number of piperidine rings is 1. The van der Waals surface area contributed by atoms with Gasteiger partial charge in [-0.2, -0.15) is 0 Å². The Balaban J connectivity index is 1.60. The molecular formula is C15H22N4OS. The molecule has 1 saturated heterocycles. The Morgan fingerprint density at radius 2 is 2.10 bits per heavy atom. The van der Waals surface area contributed by atoms with Gasteiger partial charge in [0.15, 0.2) is 4.96 Å². The fraction of sp³-hybridized carbons (Fsp3) is 0.600. The fourth-order valence-electron chi connectivity index (χ4n) is 2.92. The number of amides is 1. The normalized spacial score (nSPS) is 15.8. The summed E-state index contributed by atoms with van der Waals surface area (Å²) in [6.07, 6.45) is 3.53. The monoisotopic (exact) mass is 306 g/mol. The van der Waals surface area contributed by atoms with Crippen molar-refractivity contribution in [2.75, 3.05) is 19.6 Å². The van der Waals surface area contributed by atoms with Gasteiger partial charge in [-0.15, -0.1) is 11.3 Å². The van der Waals surface area contributed by atoms with Crippen LogP contribution >= 0.6 is 11.3 Å². The molecule has 114 valence electrons. The van der Waals surface area contributed by atoms with E-state index in [1.54, 1.807) is 11.3 Å². The molecule has 2 aromatic rings. The number of hydrogen-bond acceptors (Lipinski definition) is 4. The van der Waals surface area contributed by atoms with Crippen LogP contribution in [0, 0.1) is 13.8 Å². The molecule has 2 aromatic heterocycles. The van der Waals surface area contributed by atoms with Crippen molar-refractivity contribution in [1.82, 2.24) is 19.6 Å². The summed E-state index contributed by atoms with van der Waals surface area (Å²) in [5.74, 6) is 0.218. The molecule has 0 atom stereocenters. The Kier molecular flexibility index (Phi) is 4.26. The standard InChI is InChI=1S/C15H22N4OS/c1-11-10-21-15-17-12(2)13(19(11)15)8-16-9-14(20)18-6-4-3-5-7-18/h10,16H,3-9H2,1-2H3. The first-order chi connectivity index (χ1) is 10.2. The number of carbonyl (C=O) groups excluding carboxylic acids is 1. The molecule has 3 rings (SSSR count). The van der Waals surface area contributed by atoms with E-state index in [0.717, 1.165) is 42.3 Å². The number of imidazole rings is 1. The zero-order chi connectivity index (χ0) is 14.8. The van der Waals surface area contributed by atoms with Crippen LogP contribution in [0.2, 0.25) is 0 Å². The molecule has 0 saturated carbocycles. The lowest BCUT2D eigenvalue weighted by atomic mass is 10.1. The van der Waals surface area contributed by atoms with Crippen LogP contribution in [0.5, 0.6) is 0 Å². The van der Waals surface area contributed by atoms with Gasteiger partial charge in [0.1, 0.15) is 0 Å². The molecule has 1 N–H and O–H groups in total. The number of likely N-dealkylation sites (tertiary alicyclic amines) is 1. The van der Waals surface area contributed by atoms with E-state index in [1.165, 1.54) is 12.1 Å². The summed E-state index contributed by atoms with van der Waals surface area (Å²) in [6.45, 7) is 7.05. The number of thiazole rings is 1. The third-order valence-electron chi connectivity index (χ3n) is 4.11. The van der Waals surface area contributed by atoms with E-state index in [9.17, 15) is 4.79 Å². The first-order valence-corrected chi connectivity index (χ1v) is 8.45. The number of hydrogen-bond donors (Lipinski definition) is 1. The van der Waals surface area contributed by atoms with E-state index in [2.05, 4.69) is 27.0 Å². The van der Waals surface area contributed by atoms with Gasteiger partial charge < -0.3 is 10.2 Å². The van der Waals surface area contributed by atoms with Gasteiger partial charge in [0.05, 0.1) is 17.9 Å². The molecular weight excluding hydrogens is 284 g/mol. The zero-order valence-corrected chi connectivity index (χ0v) is 13.5. The molecule has 0 radical (unpaired) electrons. The number of rotatable bonds is 4. The van der Waals surface area contributed by atoms with Crippen LogP contribution in [-0.4, -0.2) is 39.8 Å². The van der Waals surface area contributed by atoms with E-state index in [-0.39, 0.29) is 5.91 Å². The van der Waals surface area contributed by atoms with E-state index in [0.29, 0.717) is 13.1 Å². The number of carbonyl (C=O) groups is 1. The minimum atomic E-state index is 0.218. The lowest BCUT2D eigenvalue weighted by Gasteiger charge is -2.26. The van der Waals surface area contributed by atoms with Gasteiger partial charge >= 0.3 is 0 Å². The highest BCUT2D eigenvalue weighted by molar-refractivity contribution is 7.15. The summed E-state index contributed by atoms with van der Waals surface area (Å²) in [7, 11) is 0. The molecule has 1 aliphatic heterocycles. The van der Waals surface area contributed by atoms with Crippen molar-refractivity contribution in [3.8, 4) is 0 Å². The van der Waals surface area contributed by atoms with Crippen molar-refractivity contribution < 1.29 is 4.79 Å². The molecule has 6 heteroatoms. The Labute approximate surface area is 129 Å². The first kappa shape index (κ1) is 14.5. The largest absolute Gasteiger partial charge is 0.342 e. The summed E-state index contributed by atoms with van der Waals surface area (Å²) in [5.41, 5.74) is 3.41. The zero-order valence-electron chi connectivity index (χ0n) is 12.7. The van der Waals surface area contributed by atoms with E-state index < -0.39 is 0 Å². The maximum absolute atomic E-state index is 12.1. The summed E-state index contributed by atoms with van der Waals surface area (Å²) >= 11 is 1.66. The Bertz CT molecular complexity index is 639.